The standard InChI is InChI=1S/C18H23N7O/c19-18-23-15(20-7-9-26)10-16(24-18)25-8-3-4-12(11-25)17-21-13-5-1-2-6-14(13)22-17/h1-2,5-6,10,12,26H,3-4,7-9,11H2,(H,21,22)(H3,19,20,23,24)/t12-/m0/s1. The molecule has 1 aliphatic rings. The molecular weight excluding hydrogens is 330 g/mol. The summed E-state index contributed by atoms with van der Waals surface area (Å²) in [6, 6.07) is 9.98. The molecule has 8 heteroatoms. The number of fused-ring (bicyclic) bond motifs is 1. The van der Waals surface area contributed by atoms with Gasteiger partial charge in [-0.25, -0.2) is 4.98 Å². The fraction of sp³-hybridized carbons (Fsp3) is 0.389. The molecule has 3 heterocycles. The molecule has 0 aliphatic carbocycles. The molecule has 0 unspecified atom stereocenters. The van der Waals surface area contributed by atoms with Gasteiger partial charge in [0.05, 0.1) is 17.6 Å². The Bertz CT molecular complexity index is 861. The Balaban J connectivity index is 1.55. The van der Waals surface area contributed by atoms with E-state index in [2.05, 4.69) is 31.2 Å². The van der Waals surface area contributed by atoms with Crippen molar-refractivity contribution in [2.75, 3.05) is 42.2 Å². The maximum atomic E-state index is 8.98. The number of hydrogen-bond acceptors (Lipinski definition) is 7. The van der Waals surface area contributed by atoms with E-state index in [0.29, 0.717) is 18.3 Å². The highest BCUT2D eigenvalue weighted by Gasteiger charge is 2.25. The molecule has 0 amide bonds. The van der Waals surface area contributed by atoms with Gasteiger partial charge in [0.2, 0.25) is 5.95 Å². The Morgan fingerprint density at radius 2 is 2.15 bits per heavy atom. The second-order valence-corrected chi connectivity index (χ2v) is 6.54. The van der Waals surface area contributed by atoms with Gasteiger partial charge in [-0.1, -0.05) is 12.1 Å². The first kappa shape index (κ1) is 16.6. The number of nitrogens with zero attached hydrogens (tertiary/aromatic N) is 4. The fourth-order valence-corrected chi connectivity index (χ4v) is 3.46. The normalized spacial score (nSPS) is 17.6. The fourth-order valence-electron chi connectivity index (χ4n) is 3.46. The number of aliphatic hydroxyl groups excluding tert-OH is 1. The van der Waals surface area contributed by atoms with Crippen LogP contribution in [0.4, 0.5) is 17.6 Å². The second kappa shape index (κ2) is 7.17. The van der Waals surface area contributed by atoms with Gasteiger partial charge in [0.15, 0.2) is 0 Å². The number of hydrogen-bond donors (Lipinski definition) is 4. The van der Waals surface area contributed by atoms with Crippen LogP contribution in [0.15, 0.2) is 30.3 Å². The molecular formula is C18H23N7O. The molecule has 1 fully saturated rings. The Morgan fingerprint density at radius 3 is 3.00 bits per heavy atom. The number of rotatable bonds is 5. The Labute approximate surface area is 151 Å². The van der Waals surface area contributed by atoms with E-state index >= 15 is 0 Å². The van der Waals surface area contributed by atoms with Gasteiger partial charge in [-0.2, -0.15) is 9.97 Å². The van der Waals surface area contributed by atoms with Crippen molar-refractivity contribution in [3.63, 3.8) is 0 Å². The summed E-state index contributed by atoms with van der Waals surface area (Å²) in [6.45, 7) is 2.22. The van der Waals surface area contributed by atoms with Crippen molar-refractivity contribution in [3.05, 3.63) is 36.2 Å². The van der Waals surface area contributed by atoms with E-state index in [9.17, 15) is 0 Å². The number of nitrogens with one attached hydrogen (secondary N) is 2. The SMILES string of the molecule is Nc1nc(NCCO)cc(N2CCC[C@H](c3nc4ccccc4[nH]3)C2)n1. The summed E-state index contributed by atoms with van der Waals surface area (Å²) in [5.41, 5.74) is 7.94. The number of aliphatic hydroxyl groups is 1. The number of para-hydroxylation sites is 2. The van der Waals surface area contributed by atoms with Crippen molar-refractivity contribution in [1.29, 1.82) is 0 Å². The van der Waals surface area contributed by atoms with Crippen molar-refractivity contribution in [2.45, 2.75) is 18.8 Å². The van der Waals surface area contributed by atoms with E-state index in [-0.39, 0.29) is 12.6 Å². The van der Waals surface area contributed by atoms with Crippen LogP contribution in [0.1, 0.15) is 24.6 Å². The summed E-state index contributed by atoms with van der Waals surface area (Å²) < 4.78 is 0. The molecule has 5 N–H and O–H groups in total. The van der Waals surface area contributed by atoms with Crippen LogP contribution >= 0.6 is 0 Å². The third kappa shape index (κ3) is 3.41. The van der Waals surface area contributed by atoms with Crippen molar-refractivity contribution in [3.8, 4) is 0 Å². The lowest BCUT2D eigenvalue weighted by molar-refractivity contribution is 0.311. The van der Waals surface area contributed by atoms with Crippen LogP contribution in [0, 0.1) is 0 Å². The number of piperidine rings is 1. The van der Waals surface area contributed by atoms with Gasteiger partial charge in [0.25, 0.3) is 0 Å². The molecule has 1 aromatic carbocycles. The predicted octanol–water partition coefficient (Wildman–Crippen LogP) is 1.72. The topological polar surface area (TPSA) is 116 Å². The molecule has 0 spiro atoms. The molecule has 2 aromatic heterocycles. The lowest BCUT2D eigenvalue weighted by atomic mass is 9.97. The smallest absolute Gasteiger partial charge is 0.223 e. The van der Waals surface area contributed by atoms with E-state index in [0.717, 1.165) is 48.6 Å². The Hall–Kier alpha value is -2.87. The molecule has 0 saturated carbocycles. The molecule has 1 aliphatic heterocycles. The number of anilines is 3. The molecule has 1 atom stereocenters. The third-order valence-electron chi connectivity index (χ3n) is 4.69. The number of nitrogens with two attached hydrogens (primary N) is 1. The van der Waals surface area contributed by atoms with E-state index < -0.39 is 0 Å². The average Bonchev–Trinajstić information content (AvgIpc) is 3.10. The van der Waals surface area contributed by atoms with Crippen LogP contribution < -0.4 is 16.0 Å². The third-order valence-corrected chi connectivity index (χ3v) is 4.69. The summed E-state index contributed by atoms with van der Waals surface area (Å²) in [7, 11) is 0. The van der Waals surface area contributed by atoms with Crippen LogP contribution in [0.2, 0.25) is 0 Å². The minimum atomic E-state index is 0.0388. The van der Waals surface area contributed by atoms with Gasteiger partial charge in [-0.3, -0.25) is 0 Å². The maximum Gasteiger partial charge on any atom is 0.223 e. The van der Waals surface area contributed by atoms with Crippen molar-refractivity contribution < 1.29 is 5.11 Å². The maximum absolute atomic E-state index is 8.98. The summed E-state index contributed by atoms with van der Waals surface area (Å²) >= 11 is 0. The number of imidazole rings is 1. The zero-order valence-corrected chi connectivity index (χ0v) is 14.5. The first-order valence-corrected chi connectivity index (χ1v) is 8.92. The van der Waals surface area contributed by atoms with Gasteiger partial charge in [0.1, 0.15) is 17.5 Å². The van der Waals surface area contributed by atoms with Crippen molar-refractivity contribution >= 4 is 28.6 Å². The first-order chi connectivity index (χ1) is 12.7. The molecule has 3 aromatic rings. The summed E-state index contributed by atoms with van der Waals surface area (Å²) in [5.74, 6) is 3.01. The molecule has 1 saturated heterocycles. The van der Waals surface area contributed by atoms with Crippen LogP contribution in [-0.4, -0.2) is 51.3 Å². The number of aromatic nitrogens is 4. The van der Waals surface area contributed by atoms with Gasteiger partial charge in [-0.05, 0) is 25.0 Å². The molecule has 0 radical (unpaired) electrons. The molecule has 0 bridgehead atoms. The van der Waals surface area contributed by atoms with Crippen LogP contribution in [0.3, 0.4) is 0 Å². The highest BCUT2D eigenvalue weighted by atomic mass is 16.3. The number of H-pyrrole nitrogens is 1. The van der Waals surface area contributed by atoms with Crippen LogP contribution in [0.5, 0.6) is 0 Å². The number of nitrogen functional groups attached to an aromatic ring is 1. The lowest BCUT2D eigenvalue weighted by Crippen LogP contribution is -2.35. The Morgan fingerprint density at radius 1 is 1.27 bits per heavy atom. The van der Waals surface area contributed by atoms with Gasteiger partial charge >= 0.3 is 0 Å². The van der Waals surface area contributed by atoms with E-state index in [1.54, 1.807) is 0 Å². The molecule has 4 rings (SSSR count). The molecule has 136 valence electrons. The number of benzene rings is 1. The predicted molar refractivity (Wildman–Crippen MR) is 102 cm³/mol. The van der Waals surface area contributed by atoms with Crippen LogP contribution in [0.25, 0.3) is 11.0 Å². The summed E-state index contributed by atoms with van der Waals surface area (Å²) in [4.78, 5) is 19.0. The lowest BCUT2D eigenvalue weighted by Gasteiger charge is -2.32. The van der Waals surface area contributed by atoms with Crippen molar-refractivity contribution in [1.82, 2.24) is 19.9 Å². The van der Waals surface area contributed by atoms with Gasteiger partial charge in [0, 0.05) is 31.6 Å². The van der Waals surface area contributed by atoms with Crippen LogP contribution in [-0.2, 0) is 0 Å². The Kier molecular flexibility index (Phi) is 4.57. The van der Waals surface area contributed by atoms with Crippen molar-refractivity contribution in [2.24, 2.45) is 0 Å². The monoisotopic (exact) mass is 353 g/mol. The first-order valence-electron chi connectivity index (χ1n) is 8.92. The van der Waals surface area contributed by atoms with E-state index in [1.807, 2.05) is 24.3 Å². The molecule has 26 heavy (non-hydrogen) atoms. The van der Waals surface area contributed by atoms with E-state index in [4.69, 9.17) is 15.8 Å². The summed E-state index contributed by atoms with van der Waals surface area (Å²) in [6.07, 6.45) is 2.15. The minimum Gasteiger partial charge on any atom is -0.395 e. The van der Waals surface area contributed by atoms with Gasteiger partial charge in [-0.15, -0.1) is 0 Å². The molecule has 8 nitrogen and oxygen atoms in total. The quantitative estimate of drug-likeness (QED) is 0.552. The zero-order chi connectivity index (χ0) is 17.9. The zero-order valence-electron chi connectivity index (χ0n) is 14.5. The second-order valence-electron chi connectivity index (χ2n) is 6.54. The highest BCUT2D eigenvalue weighted by molar-refractivity contribution is 5.74. The minimum absolute atomic E-state index is 0.0388. The average molecular weight is 353 g/mol. The largest absolute Gasteiger partial charge is 0.395 e. The summed E-state index contributed by atoms with van der Waals surface area (Å²) in [5, 5.41) is 12.0. The number of aromatic amines is 1. The van der Waals surface area contributed by atoms with Gasteiger partial charge < -0.3 is 26.0 Å². The van der Waals surface area contributed by atoms with E-state index in [1.165, 1.54) is 0 Å². The highest BCUT2D eigenvalue weighted by Crippen LogP contribution is 2.29.